The number of likely N-dealkylation sites (N-methyl/N-ethyl adjacent to an activating group) is 1. The van der Waals surface area contributed by atoms with Crippen molar-refractivity contribution >= 4 is 11.8 Å². The number of rotatable bonds is 4. The fourth-order valence-electron chi connectivity index (χ4n) is 3.47. The van der Waals surface area contributed by atoms with Crippen LogP contribution in [0.25, 0.3) is 22.5 Å². The minimum atomic E-state index is -1.69. The summed E-state index contributed by atoms with van der Waals surface area (Å²) in [6, 6.07) is 12.3. The maximum Gasteiger partial charge on any atom is 0.267 e. The summed E-state index contributed by atoms with van der Waals surface area (Å²) in [4.78, 5) is 29.5. The van der Waals surface area contributed by atoms with Crippen molar-refractivity contribution in [1.29, 1.82) is 0 Å². The molecule has 29 heavy (non-hydrogen) atoms. The molecular weight excluding hydrogens is 372 g/mol. The molecule has 1 fully saturated rings. The van der Waals surface area contributed by atoms with Crippen molar-refractivity contribution < 1.29 is 19.2 Å². The second-order valence-corrected chi connectivity index (χ2v) is 7.22. The summed E-state index contributed by atoms with van der Waals surface area (Å²) in [7, 11) is 1.64. The van der Waals surface area contributed by atoms with E-state index in [4.69, 9.17) is 10.3 Å². The Hall–Kier alpha value is -3.52. The van der Waals surface area contributed by atoms with Crippen LogP contribution < -0.4 is 5.73 Å². The quantitative estimate of drug-likeness (QED) is 0.699. The molecular formula is C21H20N4O4. The van der Waals surface area contributed by atoms with Crippen LogP contribution in [0.2, 0.25) is 0 Å². The predicted octanol–water partition coefficient (Wildman–Crippen LogP) is 1.86. The molecule has 0 saturated carbocycles. The van der Waals surface area contributed by atoms with Gasteiger partial charge in [-0.05, 0) is 30.7 Å². The zero-order valence-corrected chi connectivity index (χ0v) is 16.0. The molecule has 0 bridgehead atoms. The third-order valence-electron chi connectivity index (χ3n) is 5.24. The molecule has 8 heteroatoms. The molecule has 1 aromatic carbocycles. The summed E-state index contributed by atoms with van der Waals surface area (Å²) >= 11 is 0. The molecule has 0 unspecified atom stereocenters. The zero-order valence-electron chi connectivity index (χ0n) is 16.0. The van der Waals surface area contributed by atoms with E-state index in [0.717, 1.165) is 16.7 Å². The molecule has 3 aromatic rings. The fraction of sp³-hybridized carbons (Fsp3) is 0.238. The van der Waals surface area contributed by atoms with Crippen molar-refractivity contribution in [2.45, 2.75) is 18.9 Å². The van der Waals surface area contributed by atoms with Crippen LogP contribution in [0.15, 0.2) is 47.0 Å². The monoisotopic (exact) mass is 392 g/mol. The highest BCUT2D eigenvalue weighted by atomic mass is 16.5. The van der Waals surface area contributed by atoms with Gasteiger partial charge in [-0.1, -0.05) is 23.4 Å². The number of hydrogen-bond donors (Lipinski definition) is 2. The highest BCUT2D eigenvalue weighted by Crippen LogP contribution is 2.35. The molecule has 1 atom stereocenters. The summed E-state index contributed by atoms with van der Waals surface area (Å²) in [5.74, 6) is -0.878. The minimum Gasteiger partial charge on any atom is -0.373 e. The maximum atomic E-state index is 12.3. The van der Waals surface area contributed by atoms with Crippen molar-refractivity contribution in [2.75, 3.05) is 13.6 Å². The number of nitrogens with two attached hydrogens (primary N) is 1. The van der Waals surface area contributed by atoms with Gasteiger partial charge in [-0.25, -0.2) is 4.98 Å². The first kappa shape index (κ1) is 18.8. The van der Waals surface area contributed by atoms with Gasteiger partial charge in [0, 0.05) is 37.2 Å². The Balaban J connectivity index is 1.72. The highest BCUT2D eigenvalue weighted by molar-refractivity contribution is 5.91. The van der Waals surface area contributed by atoms with Gasteiger partial charge in [-0.2, -0.15) is 0 Å². The molecule has 8 nitrogen and oxygen atoms in total. The highest BCUT2D eigenvalue weighted by Gasteiger charge is 2.48. The van der Waals surface area contributed by atoms with E-state index >= 15 is 0 Å². The van der Waals surface area contributed by atoms with E-state index < -0.39 is 17.4 Å². The van der Waals surface area contributed by atoms with E-state index in [2.05, 4.69) is 10.1 Å². The van der Waals surface area contributed by atoms with E-state index in [1.807, 2.05) is 25.1 Å². The third kappa shape index (κ3) is 3.17. The molecule has 0 aliphatic carbocycles. The summed E-state index contributed by atoms with van der Waals surface area (Å²) in [6.45, 7) is 2.38. The second-order valence-electron chi connectivity index (χ2n) is 7.22. The van der Waals surface area contributed by atoms with E-state index in [9.17, 15) is 14.7 Å². The molecule has 3 N–H and O–H groups in total. The van der Waals surface area contributed by atoms with Gasteiger partial charge in [-0.3, -0.25) is 9.59 Å². The standard InChI is InChI=1S/C21H20N4O4/c1-12-6-7-13(10-14(12)15-4-3-5-16(23-15)19(22)26)17-11-18(29-24-17)21(28)8-9-25(2)20(21)27/h3-7,10-11,28H,8-9H2,1-2H3,(H2,22,26)/t21-/m1/s1. The number of primary amides is 1. The van der Waals surface area contributed by atoms with Crippen molar-refractivity contribution in [3.8, 4) is 22.5 Å². The van der Waals surface area contributed by atoms with Crippen LogP contribution in [0.1, 0.15) is 28.2 Å². The minimum absolute atomic E-state index is 0.123. The number of pyridine rings is 1. The number of amides is 2. The van der Waals surface area contributed by atoms with Crippen molar-refractivity contribution in [3.05, 3.63) is 59.5 Å². The number of aromatic nitrogens is 2. The Morgan fingerprint density at radius 3 is 2.72 bits per heavy atom. The molecule has 2 aromatic heterocycles. The molecule has 2 amide bonds. The number of hydrogen-bond acceptors (Lipinski definition) is 6. The van der Waals surface area contributed by atoms with E-state index in [0.29, 0.717) is 17.9 Å². The van der Waals surface area contributed by atoms with Crippen LogP contribution in [0.3, 0.4) is 0 Å². The Morgan fingerprint density at radius 1 is 1.24 bits per heavy atom. The first-order valence-corrected chi connectivity index (χ1v) is 9.13. The molecule has 4 rings (SSSR count). The molecule has 0 radical (unpaired) electrons. The van der Waals surface area contributed by atoms with Gasteiger partial charge in [0.2, 0.25) is 5.60 Å². The largest absolute Gasteiger partial charge is 0.373 e. The van der Waals surface area contributed by atoms with Gasteiger partial charge in [-0.15, -0.1) is 0 Å². The molecule has 1 saturated heterocycles. The summed E-state index contributed by atoms with van der Waals surface area (Å²) in [5, 5.41) is 14.8. The Labute approximate surface area is 166 Å². The fourth-order valence-corrected chi connectivity index (χ4v) is 3.47. The molecule has 0 spiro atoms. The van der Waals surface area contributed by atoms with Gasteiger partial charge < -0.3 is 20.3 Å². The number of nitrogens with zero attached hydrogens (tertiary/aromatic N) is 3. The molecule has 1 aliphatic heterocycles. The van der Waals surface area contributed by atoms with Crippen LogP contribution in [0, 0.1) is 6.92 Å². The summed E-state index contributed by atoms with van der Waals surface area (Å²) in [5.41, 5.74) is 7.42. The SMILES string of the molecule is Cc1ccc(-c2cc([C@]3(O)CCN(C)C3=O)on2)cc1-c1cccc(C(N)=O)n1. The van der Waals surface area contributed by atoms with Gasteiger partial charge >= 0.3 is 0 Å². The third-order valence-corrected chi connectivity index (χ3v) is 5.24. The van der Waals surface area contributed by atoms with Crippen LogP contribution in [-0.2, 0) is 10.4 Å². The Morgan fingerprint density at radius 2 is 2.03 bits per heavy atom. The van der Waals surface area contributed by atoms with Crippen LogP contribution >= 0.6 is 0 Å². The van der Waals surface area contributed by atoms with Gasteiger partial charge in [0.25, 0.3) is 11.8 Å². The lowest BCUT2D eigenvalue weighted by atomic mass is 9.96. The number of benzene rings is 1. The van der Waals surface area contributed by atoms with E-state index in [-0.39, 0.29) is 17.9 Å². The lowest BCUT2D eigenvalue weighted by Crippen LogP contribution is -2.35. The predicted molar refractivity (Wildman–Crippen MR) is 105 cm³/mol. The van der Waals surface area contributed by atoms with Crippen molar-refractivity contribution in [2.24, 2.45) is 5.73 Å². The molecule has 1 aliphatic rings. The summed E-state index contributed by atoms with van der Waals surface area (Å²) < 4.78 is 5.33. The van der Waals surface area contributed by atoms with E-state index in [1.165, 1.54) is 4.90 Å². The number of carbonyl (C=O) groups is 2. The smallest absolute Gasteiger partial charge is 0.267 e. The number of likely N-dealkylation sites (tertiary alicyclic amines) is 1. The Kier molecular flexibility index (Phi) is 4.43. The van der Waals surface area contributed by atoms with Crippen LogP contribution in [0.5, 0.6) is 0 Å². The number of aryl methyl sites for hydroxylation is 1. The maximum absolute atomic E-state index is 12.3. The first-order valence-electron chi connectivity index (χ1n) is 9.13. The lowest BCUT2D eigenvalue weighted by molar-refractivity contribution is -0.144. The summed E-state index contributed by atoms with van der Waals surface area (Å²) in [6.07, 6.45) is 0.250. The second kappa shape index (κ2) is 6.82. The number of carbonyl (C=O) groups excluding carboxylic acids is 2. The van der Waals surface area contributed by atoms with Crippen molar-refractivity contribution in [3.63, 3.8) is 0 Å². The van der Waals surface area contributed by atoms with Gasteiger partial charge in [0.15, 0.2) is 5.76 Å². The van der Waals surface area contributed by atoms with Crippen molar-refractivity contribution in [1.82, 2.24) is 15.0 Å². The van der Waals surface area contributed by atoms with Crippen LogP contribution in [-0.4, -0.2) is 45.6 Å². The van der Waals surface area contributed by atoms with Crippen LogP contribution in [0.4, 0.5) is 0 Å². The zero-order chi connectivity index (χ0) is 20.8. The average Bonchev–Trinajstić information content (AvgIpc) is 3.31. The van der Waals surface area contributed by atoms with Gasteiger partial charge in [0.1, 0.15) is 11.4 Å². The Bertz CT molecular complexity index is 1120. The van der Waals surface area contributed by atoms with Gasteiger partial charge in [0.05, 0.1) is 5.69 Å². The molecule has 3 heterocycles. The average molecular weight is 392 g/mol. The lowest BCUT2D eigenvalue weighted by Gasteiger charge is -2.16. The topological polar surface area (TPSA) is 123 Å². The normalized spacial score (nSPS) is 19.0. The van der Waals surface area contributed by atoms with E-state index in [1.54, 1.807) is 31.3 Å². The first-order chi connectivity index (χ1) is 13.8. The number of aliphatic hydroxyl groups is 1. The molecule has 148 valence electrons.